The molecule has 0 saturated carbocycles. The Morgan fingerprint density at radius 3 is 2.62 bits per heavy atom. The fraction of sp³-hybridized carbons (Fsp3) is 0.556. The van der Waals surface area contributed by atoms with E-state index in [4.69, 9.17) is 4.74 Å². The highest BCUT2D eigenvalue weighted by molar-refractivity contribution is 5.85. The van der Waals surface area contributed by atoms with E-state index in [-0.39, 0.29) is 24.5 Å². The molecule has 1 fully saturated rings. The number of amides is 1. The molecule has 0 radical (unpaired) electrons. The highest BCUT2D eigenvalue weighted by Crippen LogP contribution is 2.19. The summed E-state index contributed by atoms with van der Waals surface area (Å²) in [7, 11) is 1.58. The van der Waals surface area contributed by atoms with E-state index < -0.39 is 17.9 Å². The van der Waals surface area contributed by atoms with Crippen molar-refractivity contribution in [2.45, 2.75) is 44.4 Å². The van der Waals surface area contributed by atoms with E-state index >= 15 is 0 Å². The summed E-state index contributed by atoms with van der Waals surface area (Å²) in [6.07, 6.45) is 6.67. The van der Waals surface area contributed by atoms with Gasteiger partial charge in [0, 0.05) is 19.6 Å². The number of aliphatic carboxylic acids is 1. The molecule has 24 heavy (non-hydrogen) atoms. The average molecular weight is 336 g/mol. The molecule has 0 aromatic rings. The topological polar surface area (TPSA) is 87.7 Å². The van der Waals surface area contributed by atoms with Crippen molar-refractivity contribution in [2.24, 2.45) is 5.92 Å². The third-order valence-corrected chi connectivity index (χ3v) is 4.32. The molecule has 1 aliphatic rings. The van der Waals surface area contributed by atoms with Gasteiger partial charge in [-0.1, -0.05) is 38.3 Å². The Morgan fingerprint density at radius 2 is 2.17 bits per heavy atom. The Hall–Kier alpha value is -1.92. The van der Waals surface area contributed by atoms with Crippen LogP contribution in [0.3, 0.4) is 0 Å². The van der Waals surface area contributed by atoms with Crippen molar-refractivity contribution < 1.29 is 19.4 Å². The number of carbonyl (C=O) groups is 2. The second-order valence-electron chi connectivity index (χ2n) is 5.98. The maximum atomic E-state index is 12.5. The van der Waals surface area contributed by atoms with Gasteiger partial charge in [-0.05, 0) is 25.0 Å². The molecule has 0 aromatic carbocycles. The Morgan fingerprint density at radius 1 is 1.46 bits per heavy atom. The van der Waals surface area contributed by atoms with Crippen molar-refractivity contribution in [1.82, 2.24) is 10.6 Å². The van der Waals surface area contributed by atoms with Gasteiger partial charge in [0.15, 0.2) is 0 Å². The second-order valence-corrected chi connectivity index (χ2v) is 5.98. The molecular formula is C18H28N2O4. The first-order chi connectivity index (χ1) is 11.4. The van der Waals surface area contributed by atoms with Crippen molar-refractivity contribution in [3.05, 3.63) is 37.0 Å². The highest BCUT2D eigenvalue weighted by Gasteiger charge is 2.34. The van der Waals surface area contributed by atoms with Crippen LogP contribution in [0.5, 0.6) is 0 Å². The van der Waals surface area contributed by atoms with Crippen LogP contribution in [0, 0.1) is 5.92 Å². The zero-order chi connectivity index (χ0) is 18.1. The molecule has 4 unspecified atom stereocenters. The van der Waals surface area contributed by atoms with Gasteiger partial charge in [0.2, 0.25) is 5.91 Å². The molecule has 3 N–H and O–H groups in total. The number of carboxylic acids is 1. The lowest BCUT2D eigenvalue weighted by Gasteiger charge is -2.28. The highest BCUT2D eigenvalue weighted by atomic mass is 16.5. The van der Waals surface area contributed by atoms with E-state index in [2.05, 4.69) is 23.8 Å². The number of nitrogens with one attached hydrogen (secondary N) is 2. The molecule has 0 aliphatic carbocycles. The maximum Gasteiger partial charge on any atom is 0.326 e. The van der Waals surface area contributed by atoms with Crippen LogP contribution in [0.25, 0.3) is 0 Å². The molecular weight excluding hydrogens is 308 g/mol. The number of rotatable bonds is 10. The monoisotopic (exact) mass is 336 g/mol. The first-order valence-electron chi connectivity index (χ1n) is 8.18. The molecule has 0 aromatic heterocycles. The third-order valence-electron chi connectivity index (χ3n) is 4.32. The van der Waals surface area contributed by atoms with Gasteiger partial charge in [-0.2, -0.15) is 0 Å². The molecule has 1 rings (SSSR count). The number of hydrogen-bond donors (Lipinski definition) is 3. The smallest absolute Gasteiger partial charge is 0.326 e. The van der Waals surface area contributed by atoms with Gasteiger partial charge in [-0.3, -0.25) is 4.79 Å². The normalized spacial score (nSPS) is 21.6. The van der Waals surface area contributed by atoms with Crippen molar-refractivity contribution >= 4 is 11.9 Å². The molecule has 4 atom stereocenters. The fourth-order valence-corrected chi connectivity index (χ4v) is 2.97. The van der Waals surface area contributed by atoms with Crippen LogP contribution in [0.4, 0.5) is 0 Å². The summed E-state index contributed by atoms with van der Waals surface area (Å²) in [5, 5.41) is 15.3. The summed E-state index contributed by atoms with van der Waals surface area (Å²) in [5.74, 6) is -1.87. The van der Waals surface area contributed by atoms with Crippen molar-refractivity contribution in [3.8, 4) is 0 Å². The predicted molar refractivity (Wildman–Crippen MR) is 93.6 cm³/mol. The average Bonchev–Trinajstić information content (AvgIpc) is 3.07. The number of hydrogen-bond acceptors (Lipinski definition) is 4. The lowest BCUT2D eigenvalue weighted by Crippen LogP contribution is -2.50. The number of carbonyl (C=O) groups excluding carboxylic acids is 1. The standard InChI is InChI=1S/C18H28N2O4/c1-5-8-13(6-2)11-15(18(22)23)20-17(21)12(3)16(24-4)14-9-7-10-19-14/h5-6,8,12,14-16,19H,1-2,7,9-11H2,3-4H3,(H,20,21)(H,22,23)/b13-8+. The summed E-state index contributed by atoms with van der Waals surface area (Å²) in [5.41, 5.74) is 0.700. The molecule has 1 heterocycles. The zero-order valence-corrected chi connectivity index (χ0v) is 14.5. The van der Waals surface area contributed by atoms with Gasteiger partial charge in [0.1, 0.15) is 6.04 Å². The van der Waals surface area contributed by atoms with E-state index in [0.29, 0.717) is 5.57 Å². The van der Waals surface area contributed by atoms with Crippen LogP contribution in [-0.4, -0.2) is 48.8 Å². The van der Waals surface area contributed by atoms with Gasteiger partial charge in [-0.15, -0.1) is 0 Å². The van der Waals surface area contributed by atoms with Gasteiger partial charge in [0.25, 0.3) is 0 Å². The Bertz CT molecular complexity index is 495. The summed E-state index contributed by atoms with van der Waals surface area (Å²) >= 11 is 0. The van der Waals surface area contributed by atoms with E-state index in [1.165, 1.54) is 0 Å². The summed E-state index contributed by atoms with van der Waals surface area (Å²) in [6.45, 7) is 9.90. The Kier molecular flexibility index (Phi) is 8.43. The minimum Gasteiger partial charge on any atom is -0.480 e. The largest absolute Gasteiger partial charge is 0.480 e. The first-order valence-corrected chi connectivity index (χ1v) is 8.18. The van der Waals surface area contributed by atoms with Crippen LogP contribution in [0.15, 0.2) is 37.0 Å². The number of methoxy groups -OCH3 is 1. The molecule has 6 heteroatoms. The summed E-state index contributed by atoms with van der Waals surface area (Å²) in [6, 6.07) is -0.901. The molecule has 6 nitrogen and oxygen atoms in total. The van der Waals surface area contributed by atoms with Crippen LogP contribution in [0.1, 0.15) is 26.2 Å². The van der Waals surface area contributed by atoms with Crippen molar-refractivity contribution in [1.29, 1.82) is 0 Å². The van der Waals surface area contributed by atoms with E-state index in [0.717, 1.165) is 19.4 Å². The lowest BCUT2D eigenvalue weighted by atomic mass is 9.95. The van der Waals surface area contributed by atoms with E-state index in [1.807, 2.05) is 0 Å². The molecule has 1 aliphatic heterocycles. The molecule has 1 amide bonds. The minimum absolute atomic E-state index is 0.114. The van der Waals surface area contributed by atoms with Gasteiger partial charge in [-0.25, -0.2) is 4.79 Å². The van der Waals surface area contributed by atoms with Crippen LogP contribution >= 0.6 is 0 Å². The van der Waals surface area contributed by atoms with Gasteiger partial charge >= 0.3 is 5.97 Å². The Balaban J connectivity index is 2.75. The summed E-state index contributed by atoms with van der Waals surface area (Å²) < 4.78 is 5.49. The van der Waals surface area contributed by atoms with E-state index in [9.17, 15) is 14.7 Å². The van der Waals surface area contributed by atoms with Crippen molar-refractivity contribution in [3.63, 3.8) is 0 Å². The van der Waals surface area contributed by atoms with Crippen LogP contribution < -0.4 is 10.6 Å². The third kappa shape index (κ3) is 5.62. The zero-order valence-electron chi connectivity index (χ0n) is 14.5. The maximum absolute atomic E-state index is 12.5. The number of allylic oxidation sites excluding steroid dienone is 3. The Labute approximate surface area is 143 Å². The lowest BCUT2D eigenvalue weighted by molar-refractivity contribution is -0.143. The molecule has 0 spiro atoms. The molecule has 134 valence electrons. The van der Waals surface area contributed by atoms with Crippen molar-refractivity contribution in [2.75, 3.05) is 13.7 Å². The van der Waals surface area contributed by atoms with Crippen LogP contribution in [0.2, 0.25) is 0 Å². The summed E-state index contributed by atoms with van der Waals surface area (Å²) in [4.78, 5) is 24.0. The molecule has 1 saturated heterocycles. The molecule has 0 bridgehead atoms. The minimum atomic E-state index is -1.08. The van der Waals surface area contributed by atoms with Gasteiger partial charge < -0.3 is 20.5 Å². The van der Waals surface area contributed by atoms with E-state index in [1.54, 1.807) is 32.3 Å². The second kappa shape index (κ2) is 10.1. The fourth-order valence-electron chi connectivity index (χ4n) is 2.97. The first kappa shape index (κ1) is 20.1. The number of carboxylic acid groups (broad SMARTS) is 1. The SMILES string of the molecule is C=C/C=C(\C=C)CC(NC(=O)C(C)C(OC)C1CCCN1)C(=O)O. The quantitative estimate of drug-likeness (QED) is 0.528. The van der Waals surface area contributed by atoms with Crippen LogP contribution in [-0.2, 0) is 14.3 Å². The van der Waals surface area contributed by atoms with Gasteiger partial charge in [0.05, 0.1) is 12.0 Å². The number of ether oxygens (including phenoxy) is 1. The predicted octanol–water partition coefficient (Wildman–Crippen LogP) is 1.65.